The fourth-order valence-corrected chi connectivity index (χ4v) is 15.9. The fraction of sp³-hybridized carbons (Fsp3) is 0.176. The van der Waals surface area contributed by atoms with Gasteiger partial charge in [0.2, 0.25) is 0 Å². The summed E-state index contributed by atoms with van der Waals surface area (Å²) in [5.74, 6) is 0. The van der Waals surface area contributed by atoms with Gasteiger partial charge in [-0.05, 0) is 349 Å². The van der Waals surface area contributed by atoms with Crippen LogP contribution in [-0.4, -0.2) is 0 Å². The minimum Gasteiger partial charge on any atom is -0.0563 e. The van der Waals surface area contributed by atoms with Gasteiger partial charge in [0.05, 0.1) is 0 Å². The Balaban J connectivity index is 0.000000257. The number of aryl methyl sites for hydroxylation is 18. The molecule has 0 saturated heterocycles. The van der Waals surface area contributed by atoms with Crippen LogP contribution in [0.1, 0.15) is 100 Å². The number of benzene rings is 14. The van der Waals surface area contributed by atoms with E-state index >= 15 is 0 Å². The lowest BCUT2D eigenvalue weighted by molar-refractivity contribution is 1.37. The van der Waals surface area contributed by atoms with Crippen molar-refractivity contribution in [1.29, 1.82) is 0 Å². The summed E-state index contributed by atoms with van der Waals surface area (Å²) in [5, 5.41) is 0. The molecule has 14 rings (SSSR count). The quantitative estimate of drug-likeness (QED) is 0.114. The SMILES string of the molecule is Cc1cc(C)cc(-c2cc(-c3cc(C)cc(C)c3)cc(-c3cc(-c4cc(-c5cc(C)cc(C)c5)cc(-c5cc(C)cc(C)c5)c4)cc(-c4cc(-c5cc(C)cc(C)c5)cc(-c5cc(C)cc(C)c5)c4)c3)c2)c1.Cc1cc(C)cc(-c2cc(-c3cc(C)cc(C)c3)cc(-c3cc(C)cc(C)c3)c2)c1. The van der Waals surface area contributed by atoms with E-state index in [1.54, 1.807) is 0 Å². The molecule has 0 fully saturated rings. The van der Waals surface area contributed by atoms with Crippen molar-refractivity contribution in [1.82, 2.24) is 0 Å². The molecule has 0 saturated carbocycles. The van der Waals surface area contributed by atoms with Crippen LogP contribution in [-0.2, 0) is 0 Å². The number of hydrogen-bond acceptors (Lipinski definition) is 0. The van der Waals surface area contributed by atoms with E-state index in [0.717, 1.165) is 0 Å². The molecule has 14 aromatic rings. The molecule has 0 spiro atoms. The van der Waals surface area contributed by atoms with Crippen molar-refractivity contribution >= 4 is 0 Å². The normalized spacial score (nSPS) is 11.2. The first-order valence-corrected chi connectivity index (χ1v) is 36.2. The Morgan fingerprint density at radius 2 is 0.118 bits per heavy atom. The lowest BCUT2D eigenvalue weighted by Crippen LogP contribution is -1.93. The van der Waals surface area contributed by atoms with Crippen molar-refractivity contribution < 1.29 is 0 Å². The van der Waals surface area contributed by atoms with E-state index < -0.39 is 0 Å². The summed E-state index contributed by atoms with van der Waals surface area (Å²) < 4.78 is 0. The van der Waals surface area contributed by atoms with E-state index in [0.29, 0.717) is 0 Å². The second-order valence-corrected chi connectivity index (χ2v) is 30.4. The highest BCUT2D eigenvalue weighted by Gasteiger charge is 2.19. The molecule has 0 aliphatic carbocycles. The van der Waals surface area contributed by atoms with Gasteiger partial charge in [0.25, 0.3) is 0 Å². The monoisotopic (exact) mass is 1320 g/mol. The van der Waals surface area contributed by atoms with Gasteiger partial charge in [0.1, 0.15) is 0 Å². The van der Waals surface area contributed by atoms with Crippen LogP contribution >= 0.6 is 0 Å². The molecule has 0 N–H and O–H groups in total. The van der Waals surface area contributed by atoms with Crippen LogP contribution in [0.5, 0.6) is 0 Å². The first-order valence-electron chi connectivity index (χ1n) is 36.2. The number of hydrogen-bond donors (Lipinski definition) is 0. The summed E-state index contributed by atoms with van der Waals surface area (Å²) in [5.41, 5.74) is 52.4. The highest BCUT2D eigenvalue weighted by Crippen LogP contribution is 2.44. The molecule has 0 heteroatoms. The van der Waals surface area contributed by atoms with Crippen LogP contribution in [0.3, 0.4) is 0 Å². The van der Waals surface area contributed by atoms with Crippen LogP contribution < -0.4 is 0 Å². The second-order valence-electron chi connectivity index (χ2n) is 30.4. The molecule has 0 heterocycles. The van der Waals surface area contributed by atoms with Crippen LogP contribution in [0.25, 0.3) is 134 Å². The topological polar surface area (TPSA) is 0 Å². The standard InChI is InChI=1S/C72H66.C30H30/c1-43-13-44(2)20-55(19-43)61-31-62(56-21-45(3)14-46(4)22-56)35-67(34-61)70-40-71(68-36-63(57-23-47(5)15-48(6)24-57)32-64(37-68)58-25-49(7)16-50(8)26-58)42-72(41-70)69-38-65(59-27-51(9)17-52(10)28-59)33-66(39-69)60-29-53(11)18-54(12)30-60;1-19-7-20(2)11-25(10-19)28-16-29(26-12-21(3)8-22(4)13-26)18-30(17-28)27-14-23(5)9-24(6)15-27/h13-42H,1-12H3;7-18H,1-6H3. The minimum atomic E-state index is 1.17. The third-order valence-electron chi connectivity index (χ3n) is 19.7. The fourth-order valence-electron chi connectivity index (χ4n) is 15.9. The molecule has 0 radical (unpaired) electrons. The second kappa shape index (κ2) is 29.0. The van der Waals surface area contributed by atoms with Gasteiger partial charge in [-0.1, -0.05) is 264 Å². The predicted molar refractivity (Wildman–Crippen MR) is 443 cm³/mol. The van der Waals surface area contributed by atoms with E-state index in [2.05, 4.69) is 379 Å². The summed E-state index contributed by atoms with van der Waals surface area (Å²) in [6.07, 6.45) is 0. The van der Waals surface area contributed by atoms with Crippen molar-refractivity contribution in [2.45, 2.75) is 125 Å². The van der Waals surface area contributed by atoms with E-state index in [-0.39, 0.29) is 0 Å². The van der Waals surface area contributed by atoms with Gasteiger partial charge in [-0.15, -0.1) is 0 Å². The van der Waals surface area contributed by atoms with Gasteiger partial charge < -0.3 is 0 Å². The molecule has 0 aliphatic heterocycles. The summed E-state index contributed by atoms with van der Waals surface area (Å²) in [6.45, 7) is 39.5. The summed E-state index contributed by atoms with van der Waals surface area (Å²) >= 11 is 0. The molecule has 102 heavy (non-hydrogen) atoms. The zero-order valence-electron chi connectivity index (χ0n) is 63.2. The molecule has 0 unspecified atom stereocenters. The van der Waals surface area contributed by atoms with Gasteiger partial charge >= 0.3 is 0 Å². The Labute approximate surface area is 609 Å². The van der Waals surface area contributed by atoms with Gasteiger partial charge in [0.15, 0.2) is 0 Å². The molecule has 14 aromatic carbocycles. The average Bonchev–Trinajstić information content (AvgIpc) is 0.776. The molecule has 0 atom stereocenters. The van der Waals surface area contributed by atoms with Crippen molar-refractivity contribution in [2.24, 2.45) is 0 Å². The predicted octanol–water partition coefficient (Wildman–Crippen LogP) is 28.9. The number of rotatable bonds is 12. The molecular formula is C102H96. The Bertz CT molecular complexity index is 4630. The van der Waals surface area contributed by atoms with Gasteiger partial charge in [-0.3, -0.25) is 0 Å². The molecule has 504 valence electrons. The maximum absolute atomic E-state index is 2.44. The molecule has 0 bridgehead atoms. The van der Waals surface area contributed by atoms with Crippen molar-refractivity contribution in [3.63, 3.8) is 0 Å². The van der Waals surface area contributed by atoms with E-state index in [9.17, 15) is 0 Å². The lowest BCUT2D eigenvalue weighted by Gasteiger charge is -2.18. The zero-order chi connectivity index (χ0) is 71.9. The molecule has 0 aromatic heterocycles. The zero-order valence-corrected chi connectivity index (χ0v) is 63.2. The average molecular weight is 1320 g/mol. The van der Waals surface area contributed by atoms with Crippen molar-refractivity contribution in [2.75, 3.05) is 0 Å². The van der Waals surface area contributed by atoms with Gasteiger partial charge in [0, 0.05) is 0 Å². The van der Waals surface area contributed by atoms with Crippen LogP contribution in [0.4, 0.5) is 0 Å². The summed E-state index contributed by atoms with van der Waals surface area (Å²) in [7, 11) is 0. The van der Waals surface area contributed by atoms with Crippen molar-refractivity contribution in [3.05, 3.63) is 355 Å². The van der Waals surface area contributed by atoms with E-state index in [1.165, 1.54) is 234 Å². The molecule has 0 nitrogen and oxygen atoms in total. The smallest absolute Gasteiger partial charge is 0.0171 e. The Morgan fingerprint density at radius 1 is 0.0686 bits per heavy atom. The first-order chi connectivity index (χ1) is 48.7. The Morgan fingerprint density at radius 3 is 0.176 bits per heavy atom. The summed E-state index contributed by atoms with van der Waals surface area (Å²) in [6, 6.07) is 98.1. The maximum Gasteiger partial charge on any atom is -0.0171 e. The highest BCUT2D eigenvalue weighted by atomic mass is 14.2. The molecule has 0 amide bonds. The van der Waals surface area contributed by atoms with Crippen LogP contribution in [0.15, 0.2) is 255 Å². The molecule has 0 aliphatic rings. The maximum atomic E-state index is 2.44. The Hall–Kier alpha value is -10.9. The lowest BCUT2D eigenvalue weighted by atomic mass is 9.86. The van der Waals surface area contributed by atoms with Gasteiger partial charge in [-0.2, -0.15) is 0 Å². The van der Waals surface area contributed by atoms with Crippen LogP contribution in [0.2, 0.25) is 0 Å². The third-order valence-corrected chi connectivity index (χ3v) is 19.7. The molecular weight excluding hydrogens is 1230 g/mol. The van der Waals surface area contributed by atoms with E-state index in [1.807, 2.05) is 0 Å². The third kappa shape index (κ3) is 16.4. The summed E-state index contributed by atoms with van der Waals surface area (Å²) in [4.78, 5) is 0. The van der Waals surface area contributed by atoms with Crippen molar-refractivity contribution in [3.8, 4) is 134 Å². The Kier molecular flexibility index (Phi) is 19.8. The minimum absolute atomic E-state index is 1.17. The van der Waals surface area contributed by atoms with Gasteiger partial charge in [-0.25, -0.2) is 0 Å². The largest absolute Gasteiger partial charge is 0.0563 e. The highest BCUT2D eigenvalue weighted by molar-refractivity contribution is 5.92. The van der Waals surface area contributed by atoms with Crippen LogP contribution in [0, 0.1) is 125 Å². The van der Waals surface area contributed by atoms with E-state index in [4.69, 9.17) is 0 Å². The first kappa shape index (κ1) is 69.6.